The summed E-state index contributed by atoms with van der Waals surface area (Å²) in [6, 6.07) is 19.2. The molecule has 0 saturated heterocycles. The second-order valence-electron chi connectivity index (χ2n) is 6.72. The minimum atomic E-state index is -3.35. The lowest BCUT2D eigenvalue weighted by Crippen LogP contribution is -2.18. The fourth-order valence-electron chi connectivity index (χ4n) is 2.82. The van der Waals surface area contributed by atoms with Gasteiger partial charge >= 0.3 is 0 Å². The third kappa shape index (κ3) is 7.40. The number of aryl methyl sites for hydroxylation is 2. The summed E-state index contributed by atoms with van der Waals surface area (Å²) in [4.78, 5) is 12.1. The van der Waals surface area contributed by atoms with Crippen LogP contribution in [-0.4, -0.2) is 30.3 Å². The fraction of sp³-hybridized carbons (Fsp3) is 0.286. The first kappa shape index (κ1) is 21.1. The molecule has 3 aromatic rings. The van der Waals surface area contributed by atoms with Crippen molar-refractivity contribution in [3.63, 3.8) is 0 Å². The number of rotatable bonds is 10. The molecule has 0 atom stereocenters. The van der Waals surface area contributed by atoms with Gasteiger partial charge in [-0.25, -0.2) is 8.42 Å². The molecule has 2 aromatic carbocycles. The van der Waals surface area contributed by atoms with Gasteiger partial charge < -0.3 is 5.32 Å². The van der Waals surface area contributed by atoms with Crippen molar-refractivity contribution in [3.05, 3.63) is 76.8 Å². The van der Waals surface area contributed by atoms with Crippen molar-refractivity contribution >= 4 is 32.2 Å². The molecular formula is C21H23N3O3S2. The number of hydrogen-bond donors (Lipinski definition) is 1. The first-order valence-corrected chi connectivity index (χ1v) is 12.0. The summed E-state index contributed by atoms with van der Waals surface area (Å²) in [5.74, 6) is -0.629. The number of sulfone groups is 1. The van der Waals surface area contributed by atoms with Gasteiger partial charge in [-0.2, -0.15) is 0 Å². The fourth-order valence-corrected chi connectivity index (χ4v) is 4.96. The van der Waals surface area contributed by atoms with E-state index < -0.39 is 9.84 Å². The smallest absolute Gasteiger partial charge is 0.227 e. The predicted molar refractivity (Wildman–Crippen MR) is 116 cm³/mol. The maximum atomic E-state index is 12.2. The van der Waals surface area contributed by atoms with Crippen LogP contribution in [-0.2, 0) is 33.2 Å². The number of carbonyl (C=O) groups excluding carboxylic acids is 1. The van der Waals surface area contributed by atoms with Crippen LogP contribution in [0.5, 0.6) is 0 Å². The Balaban J connectivity index is 1.41. The van der Waals surface area contributed by atoms with Crippen molar-refractivity contribution in [2.45, 2.75) is 31.4 Å². The number of amides is 1. The molecule has 0 fully saturated rings. The van der Waals surface area contributed by atoms with E-state index in [4.69, 9.17) is 0 Å². The standard InChI is InChI=1S/C21H23N3O3S2/c25-19(14-15-29(26,27)16-18-10-5-2-6-11-18)22-21-24-23-20(28-21)13-7-12-17-8-3-1-4-9-17/h1-6,8-11H,7,12-16H2,(H,22,24,25). The third-order valence-electron chi connectivity index (χ3n) is 4.28. The van der Waals surface area contributed by atoms with Crippen LogP contribution in [0.25, 0.3) is 0 Å². The molecule has 8 heteroatoms. The summed E-state index contributed by atoms with van der Waals surface area (Å²) in [5, 5.41) is 12.0. The lowest BCUT2D eigenvalue weighted by atomic mass is 10.1. The highest BCUT2D eigenvalue weighted by Crippen LogP contribution is 2.18. The normalized spacial score (nSPS) is 11.3. The van der Waals surface area contributed by atoms with Crippen molar-refractivity contribution in [1.29, 1.82) is 0 Å². The van der Waals surface area contributed by atoms with Gasteiger partial charge in [-0.1, -0.05) is 72.0 Å². The molecule has 1 heterocycles. The largest absolute Gasteiger partial charge is 0.301 e. The summed E-state index contributed by atoms with van der Waals surface area (Å²) in [7, 11) is -3.35. The second kappa shape index (κ2) is 10.3. The van der Waals surface area contributed by atoms with Gasteiger partial charge in [0.1, 0.15) is 5.01 Å². The van der Waals surface area contributed by atoms with E-state index in [1.807, 2.05) is 24.3 Å². The van der Waals surface area contributed by atoms with Crippen LogP contribution >= 0.6 is 11.3 Å². The van der Waals surface area contributed by atoms with E-state index in [1.54, 1.807) is 24.3 Å². The number of hydrogen-bond acceptors (Lipinski definition) is 6. The molecular weight excluding hydrogens is 406 g/mol. The van der Waals surface area contributed by atoms with E-state index in [-0.39, 0.29) is 23.8 Å². The monoisotopic (exact) mass is 429 g/mol. The van der Waals surface area contributed by atoms with Crippen LogP contribution in [0.4, 0.5) is 5.13 Å². The van der Waals surface area contributed by atoms with Crippen molar-refractivity contribution in [2.75, 3.05) is 11.1 Å². The Morgan fingerprint density at radius 2 is 1.55 bits per heavy atom. The van der Waals surface area contributed by atoms with E-state index >= 15 is 0 Å². The van der Waals surface area contributed by atoms with Crippen molar-refractivity contribution in [1.82, 2.24) is 10.2 Å². The van der Waals surface area contributed by atoms with E-state index in [9.17, 15) is 13.2 Å². The maximum absolute atomic E-state index is 12.2. The molecule has 1 amide bonds. The number of carbonyl (C=O) groups is 1. The predicted octanol–water partition coefficient (Wildman–Crippen LogP) is 3.66. The Labute approximate surface area is 174 Å². The highest BCUT2D eigenvalue weighted by atomic mass is 32.2. The minimum Gasteiger partial charge on any atom is -0.301 e. The topological polar surface area (TPSA) is 89.0 Å². The van der Waals surface area contributed by atoms with Crippen LogP contribution < -0.4 is 5.32 Å². The Bertz CT molecular complexity index is 1020. The number of aromatic nitrogens is 2. The van der Waals surface area contributed by atoms with Crippen molar-refractivity contribution in [3.8, 4) is 0 Å². The quantitative estimate of drug-likeness (QED) is 0.531. The molecule has 0 aliphatic rings. The zero-order chi connectivity index (χ0) is 20.5. The number of benzene rings is 2. The molecule has 0 saturated carbocycles. The van der Waals surface area contributed by atoms with E-state index in [0.717, 1.165) is 29.8 Å². The number of nitrogens with zero attached hydrogens (tertiary/aromatic N) is 2. The summed E-state index contributed by atoms with van der Waals surface area (Å²) in [5.41, 5.74) is 2.00. The van der Waals surface area contributed by atoms with Crippen LogP contribution in [0.1, 0.15) is 29.0 Å². The molecule has 6 nitrogen and oxygen atoms in total. The Hall–Kier alpha value is -2.58. The lowest BCUT2D eigenvalue weighted by Gasteiger charge is -2.04. The van der Waals surface area contributed by atoms with Gasteiger partial charge in [-0.15, -0.1) is 10.2 Å². The highest BCUT2D eigenvalue weighted by Gasteiger charge is 2.16. The molecule has 152 valence electrons. The van der Waals surface area contributed by atoms with E-state index in [0.29, 0.717) is 5.13 Å². The van der Waals surface area contributed by atoms with Crippen LogP contribution in [0, 0.1) is 0 Å². The van der Waals surface area contributed by atoms with Crippen LogP contribution in [0.3, 0.4) is 0 Å². The highest BCUT2D eigenvalue weighted by molar-refractivity contribution is 7.90. The number of nitrogens with one attached hydrogen (secondary N) is 1. The Morgan fingerprint density at radius 1 is 0.897 bits per heavy atom. The molecule has 3 rings (SSSR count). The molecule has 1 N–H and O–H groups in total. The molecule has 0 aliphatic carbocycles. The van der Waals surface area contributed by atoms with E-state index in [2.05, 4.69) is 27.6 Å². The Morgan fingerprint density at radius 3 is 2.24 bits per heavy atom. The third-order valence-corrected chi connectivity index (χ3v) is 6.78. The van der Waals surface area contributed by atoms with Gasteiger partial charge in [0.05, 0.1) is 11.5 Å². The SMILES string of the molecule is O=C(CCS(=O)(=O)Cc1ccccc1)Nc1nnc(CCCc2ccccc2)s1. The molecule has 0 radical (unpaired) electrons. The summed E-state index contributed by atoms with van der Waals surface area (Å²) < 4.78 is 24.4. The van der Waals surface area contributed by atoms with Gasteiger partial charge in [0, 0.05) is 12.8 Å². The molecule has 0 aliphatic heterocycles. The Kier molecular flexibility index (Phi) is 7.48. The van der Waals surface area contributed by atoms with Gasteiger partial charge in [0.25, 0.3) is 0 Å². The molecule has 0 unspecified atom stereocenters. The molecule has 0 bridgehead atoms. The molecule has 1 aromatic heterocycles. The summed E-state index contributed by atoms with van der Waals surface area (Å²) >= 11 is 1.33. The van der Waals surface area contributed by atoms with Crippen LogP contribution in [0.15, 0.2) is 60.7 Å². The molecule has 0 spiro atoms. The average Bonchev–Trinajstić information content (AvgIpc) is 3.15. The van der Waals surface area contributed by atoms with Gasteiger partial charge in [0.15, 0.2) is 9.84 Å². The van der Waals surface area contributed by atoms with Crippen molar-refractivity contribution < 1.29 is 13.2 Å². The van der Waals surface area contributed by atoms with Gasteiger partial charge in [0.2, 0.25) is 11.0 Å². The number of anilines is 1. The first-order valence-electron chi connectivity index (χ1n) is 9.41. The zero-order valence-electron chi connectivity index (χ0n) is 16.0. The van der Waals surface area contributed by atoms with Gasteiger partial charge in [-0.3, -0.25) is 4.79 Å². The lowest BCUT2D eigenvalue weighted by molar-refractivity contribution is -0.115. The minimum absolute atomic E-state index is 0.0640. The summed E-state index contributed by atoms with van der Waals surface area (Å²) in [6.07, 6.45) is 2.59. The summed E-state index contributed by atoms with van der Waals surface area (Å²) in [6.45, 7) is 0. The first-order chi connectivity index (χ1) is 14.0. The maximum Gasteiger partial charge on any atom is 0.227 e. The van der Waals surface area contributed by atoms with Crippen LogP contribution in [0.2, 0.25) is 0 Å². The second-order valence-corrected chi connectivity index (χ2v) is 9.96. The average molecular weight is 430 g/mol. The molecule has 29 heavy (non-hydrogen) atoms. The zero-order valence-corrected chi connectivity index (χ0v) is 17.6. The van der Waals surface area contributed by atoms with E-state index in [1.165, 1.54) is 16.9 Å². The van der Waals surface area contributed by atoms with Crippen molar-refractivity contribution in [2.24, 2.45) is 0 Å². The van der Waals surface area contributed by atoms with Gasteiger partial charge in [-0.05, 0) is 24.0 Å².